The number of aryl methyl sites for hydroxylation is 1. The van der Waals surface area contributed by atoms with Crippen LogP contribution in [0.2, 0.25) is 5.02 Å². The first-order chi connectivity index (χ1) is 15.7. The number of piperazine rings is 1. The number of nitrogens with zero attached hydrogens (tertiary/aromatic N) is 3. The van der Waals surface area contributed by atoms with Gasteiger partial charge in [0.1, 0.15) is 0 Å². The third-order valence-corrected chi connectivity index (χ3v) is 8.97. The highest BCUT2D eigenvalue weighted by molar-refractivity contribution is 7.88. The highest BCUT2D eigenvalue weighted by atomic mass is 35.5. The maximum absolute atomic E-state index is 13.3. The van der Waals surface area contributed by atoms with E-state index in [0.717, 1.165) is 19.5 Å². The van der Waals surface area contributed by atoms with Crippen molar-refractivity contribution >= 4 is 33.2 Å². The largest absolute Gasteiger partial charge is 0.368 e. The van der Waals surface area contributed by atoms with Crippen molar-refractivity contribution in [1.82, 2.24) is 9.21 Å². The Labute approximate surface area is 202 Å². The minimum atomic E-state index is -3.49. The van der Waals surface area contributed by atoms with Gasteiger partial charge in [-0.3, -0.25) is 4.79 Å². The van der Waals surface area contributed by atoms with Crippen LogP contribution in [0.4, 0.5) is 5.69 Å². The first-order valence-electron chi connectivity index (χ1n) is 11.6. The number of sulfonamides is 1. The Balaban J connectivity index is 1.36. The van der Waals surface area contributed by atoms with Gasteiger partial charge in [-0.1, -0.05) is 35.9 Å². The molecule has 8 heteroatoms. The van der Waals surface area contributed by atoms with Crippen molar-refractivity contribution in [3.8, 4) is 0 Å². The van der Waals surface area contributed by atoms with Crippen molar-refractivity contribution in [2.75, 3.05) is 44.2 Å². The summed E-state index contributed by atoms with van der Waals surface area (Å²) < 4.78 is 27.5. The lowest BCUT2D eigenvalue weighted by molar-refractivity contribution is -0.137. The van der Waals surface area contributed by atoms with Crippen LogP contribution in [0.1, 0.15) is 29.5 Å². The molecule has 0 N–H and O–H groups in total. The molecule has 2 aromatic rings. The summed E-state index contributed by atoms with van der Waals surface area (Å²) >= 11 is 5.91. The van der Waals surface area contributed by atoms with Crippen LogP contribution in [0.15, 0.2) is 42.5 Å². The van der Waals surface area contributed by atoms with Crippen LogP contribution >= 0.6 is 11.6 Å². The van der Waals surface area contributed by atoms with Crippen LogP contribution in [-0.4, -0.2) is 62.8 Å². The lowest BCUT2D eigenvalue weighted by atomic mass is 9.97. The van der Waals surface area contributed by atoms with Crippen LogP contribution in [0.3, 0.4) is 0 Å². The molecule has 0 spiro atoms. The minimum absolute atomic E-state index is 0.0698. The summed E-state index contributed by atoms with van der Waals surface area (Å²) in [7, 11) is -3.49. The van der Waals surface area contributed by atoms with Gasteiger partial charge in [0.05, 0.1) is 11.7 Å². The van der Waals surface area contributed by atoms with E-state index in [0.29, 0.717) is 36.6 Å². The molecule has 2 aromatic carbocycles. The predicted molar refractivity (Wildman–Crippen MR) is 133 cm³/mol. The van der Waals surface area contributed by atoms with Crippen molar-refractivity contribution in [1.29, 1.82) is 0 Å². The lowest BCUT2D eigenvalue weighted by Gasteiger charge is -2.40. The van der Waals surface area contributed by atoms with E-state index in [4.69, 9.17) is 11.6 Å². The van der Waals surface area contributed by atoms with Crippen molar-refractivity contribution in [2.45, 2.75) is 32.4 Å². The van der Waals surface area contributed by atoms with Crippen molar-refractivity contribution in [2.24, 2.45) is 5.92 Å². The second kappa shape index (κ2) is 10.0. The zero-order valence-corrected chi connectivity index (χ0v) is 20.9. The average Bonchev–Trinajstić information content (AvgIpc) is 2.82. The van der Waals surface area contributed by atoms with Gasteiger partial charge in [-0.05, 0) is 61.6 Å². The Bertz CT molecular complexity index is 1100. The van der Waals surface area contributed by atoms with Gasteiger partial charge in [0, 0.05) is 50.0 Å². The molecule has 2 fully saturated rings. The molecule has 0 aliphatic carbocycles. The first kappa shape index (κ1) is 24.0. The van der Waals surface area contributed by atoms with E-state index in [2.05, 4.69) is 36.9 Å². The van der Waals surface area contributed by atoms with Crippen molar-refractivity contribution < 1.29 is 13.2 Å². The van der Waals surface area contributed by atoms with Gasteiger partial charge in [0.25, 0.3) is 0 Å². The van der Waals surface area contributed by atoms with Crippen molar-refractivity contribution in [3.05, 3.63) is 64.2 Å². The van der Waals surface area contributed by atoms with Gasteiger partial charge >= 0.3 is 0 Å². The van der Waals surface area contributed by atoms with Crippen LogP contribution in [0.5, 0.6) is 0 Å². The third kappa shape index (κ3) is 5.53. The molecule has 4 rings (SSSR count). The summed E-state index contributed by atoms with van der Waals surface area (Å²) in [5, 5.41) is 0.581. The van der Waals surface area contributed by atoms with E-state index in [1.54, 1.807) is 24.3 Å². The molecule has 0 unspecified atom stereocenters. The summed E-state index contributed by atoms with van der Waals surface area (Å²) in [5.41, 5.74) is 4.49. The number of carbonyl (C=O) groups is 1. The van der Waals surface area contributed by atoms with Crippen LogP contribution in [-0.2, 0) is 20.6 Å². The van der Waals surface area contributed by atoms with Crippen LogP contribution < -0.4 is 4.90 Å². The van der Waals surface area contributed by atoms with E-state index in [1.165, 1.54) is 21.1 Å². The normalized spacial score (nSPS) is 20.2. The van der Waals surface area contributed by atoms with E-state index in [9.17, 15) is 13.2 Å². The number of hydrogen-bond acceptors (Lipinski definition) is 4. The number of piperidine rings is 1. The van der Waals surface area contributed by atoms with Crippen LogP contribution in [0.25, 0.3) is 0 Å². The van der Waals surface area contributed by atoms with Gasteiger partial charge in [-0.2, -0.15) is 0 Å². The summed E-state index contributed by atoms with van der Waals surface area (Å²) in [5.74, 6) is -0.257. The standard InChI is InChI=1S/C25H32ClN3O3S/c1-19-5-3-7-24(20(19)2)27-13-15-28(16-14-27)25(30)22-6-4-12-29(17-22)33(31,32)18-21-8-10-23(26)11-9-21/h3,5,7-11,22H,4,6,12-18H2,1-2H3/t22-/m1/s1. The highest BCUT2D eigenvalue weighted by Gasteiger charge is 2.35. The molecular formula is C25H32ClN3O3S. The molecule has 2 saturated heterocycles. The van der Waals surface area contributed by atoms with E-state index in [1.807, 2.05) is 4.90 Å². The number of amides is 1. The summed E-state index contributed by atoms with van der Waals surface area (Å²) in [6.45, 7) is 7.92. The fraction of sp³-hybridized carbons (Fsp3) is 0.480. The second-order valence-electron chi connectivity index (χ2n) is 9.11. The number of hydrogen-bond donors (Lipinski definition) is 0. The molecule has 2 heterocycles. The Hall–Kier alpha value is -2.09. The number of halogens is 1. The third-order valence-electron chi connectivity index (χ3n) is 6.90. The number of benzene rings is 2. The molecule has 178 valence electrons. The second-order valence-corrected chi connectivity index (χ2v) is 11.5. The summed E-state index contributed by atoms with van der Waals surface area (Å²) in [6.07, 6.45) is 1.45. The monoisotopic (exact) mass is 489 g/mol. The number of carbonyl (C=O) groups excluding carboxylic acids is 1. The number of rotatable bonds is 5. The topological polar surface area (TPSA) is 60.9 Å². The summed E-state index contributed by atoms with van der Waals surface area (Å²) in [6, 6.07) is 13.2. The first-order valence-corrected chi connectivity index (χ1v) is 13.6. The predicted octanol–water partition coefficient (Wildman–Crippen LogP) is 3.85. The fourth-order valence-corrected chi connectivity index (χ4v) is 6.52. The molecule has 6 nitrogen and oxygen atoms in total. The smallest absolute Gasteiger partial charge is 0.227 e. The molecule has 33 heavy (non-hydrogen) atoms. The molecule has 1 atom stereocenters. The molecule has 0 aromatic heterocycles. The molecule has 2 aliphatic heterocycles. The zero-order valence-electron chi connectivity index (χ0n) is 19.3. The Morgan fingerprint density at radius 1 is 1.00 bits per heavy atom. The van der Waals surface area contributed by atoms with Gasteiger partial charge in [-0.15, -0.1) is 0 Å². The minimum Gasteiger partial charge on any atom is -0.368 e. The fourth-order valence-electron chi connectivity index (χ4n) is 4.78. The van der Waals surface area contributed by atoms with Crippen molar-refractivity contribution in [3.63, 3.8) is 0 Å². The van der Waals surface area contributed by atoms with Gasteiger partial charge in [0.2, 0.25) is 15.9 Å². The summed E-state index contributed by atoms with van der Waals surface area (Å²) in [4.78, 5) is 17.5. The quantitative estimate of drug-likeness (QED) is 0.640. The molecule has 1 amide bonds. The van der Waals surface area contributed by atoms with Crippen LogP contribution in [0, 0.1) is 19.8 Å². The maximum Gasteiger partial charge on any atom is 0.227 e. The van der Waals surface area contributed by atoms with Gasteiger partial charge in [0.15, 0.2) is 0 Å². The Morgan fingerprint density at radius 3 is 2.39 bits per heavy atom. The van der Waals surface area contributed by atoms with E-state index < -0.39 is 10.0 Å². The zero-order chi connectivity index (χ0) is 23.6. The molecule has 0 saturated carbocycles. The molecular weight excluding hydrogens is 458 g/mol. The average molecular weight is 490 g/mol. The Morgan fingerprint density at radius 2 is 1.70 bits per heavy atom. The lowest BCUT2D eigenvalue weighted by Crippen LogP contribution is -2.53. The Kier molecular flexibility index (Phi) is 7.31. The highest BCUT2D eigenvalue weighted by Crippen LogP contribution is 2.26. The van der Waals surface area contributed by atoms with Gasteiger partial charge < -0.3 is 9.80 Å². The number of anilines is 1. The SMILES string of the molecule is Cc1cccc(N2CCN(C(=O)[C@@H]3CCCN(S(=O)(=O)Cc4ccc(Cl)cc4)C3)CC2)c1C. The molecule has 0 bridgehead atoms. The van der Waals surface area contributed by atoms with E-state index >= 15 is 0 Å². The maximum atomic E-state index is 13.3. The van der Waals surface area contributed by atoms with Gasteiger partial charge in [-0.25, -0.2) is 12.7 Å². The molecule has 2 aliphatic rings. The molecule has 0 radical (unpaired) electrons. The van der Waals surface area contributed by atoms with E-state index in [-0.39, 0.29) is 24.1 Å².